The second-order valence-electron chi connectivity index (χ2n) is 6.09. The minimum atomic E-state index is -0.376. The smallest absolute Gasteiger partial charge is 0.327 e. The molecule has 0 fully saturated rings. The zero-order valence-corrected chi connectivity index (χ0v) is 14.5. The number of aliphatic imine (C=N–C) groups is 1. The molecule has 0 radical (unpaired) electrons. The summed E-state index contributed by atoms with van der Waals surface area (Å²) in [5.74, 6) is 0.839. The Hall–Kier alpha value is -3.23. The van der Waals surface area contributed by atoms with Crippen LogP contribution >= 0.6 is 0 Å². The standard InChI is InChI=1S/C17H18N6O3/c1-3-5-23-16(25)12-7-13(20-15(12)22-6-4-18-17(22)23)11-8-19-21(9-11)10-14(24)26-2/h4,6,8-9H,3,5,7,10H2,1-2H3. The predicted octanol–water partition coefficient (Wildman–Crippen LogP) is 0.952. The largest absolute Gasteiger partial charge is 0.468 e. The SMILES string of the molecule is CCCn1c(=O)c2c(n3ccnc13)N=C(c1cnn(CC(=O)OC)c1)C2. The van der Waals surface area contributed by atoms with Gasteiger partial charge in [0.1, 0.15) is 12.4 Å². The molecule has 1 aliphatic rings. The van der Waals surface area contributed by atoms with Crippen LogP contribution < -0.4 is 5.56 Å². The van der Waals surface area contributed by atoms with Crippen molar-refractivity contribution in [1.29, 1.82) is 0 Å². The van der Waals surface area contributed by atoms with Crippen LogP contribution in [-0.4, -0.2) is 42.5 Å². The number of hydrogen-bond acceptors (Lipinski definition) is 6. The molecule has 3 aromatic heterocycles. The van der Waals surface area contributed by atoms with E-state index in [4.69, 9.17) is 0 Å². The molecule has 1 aliphatic heterocycles. The van der Waals surface area contributed by atoms with E-state index in [1.165, 1.54) is 11.8 Å². The molecule has 0 spiro atoms. The van der Waals surface area contributed by atoms with E-state index in [2.05, 4.69) is 19.8 Å². The second-order valence-corrected chi connectivity index (χ2v) is 6.09. The van der Waals surface area contributed by atoms with Crippen LogP contribution in [0.25, 0.3) is 5.78 Å². The van der Waals surface area contributed by atoms with E-state index in [1.807, 2.05) is 17.5 Å². The van der Waals surface area contributed by atoms with Crippen molar-refractivity contribution in [2.75, 3.05) is 7.11 Å². The topological polar surface area (TPSA) is 95.8 Å². The number of aromatic nitrogens is 5. The summed E-state index contributed by atoms with van der Waals surface area (Å²) in [5, 5.41) is 4.17. The lowest BCUT2D eigenvalue weighted by atomic mass is 10.1. The molecule has 4 rings (SSSR count). The number of fused-ring (bicyclic) bond motifs is 3. The van der Waals surface area contributed by atoms with Gasteiger partial charge in [0, 0.05) is 37.1 Å². The Morgan fingerprint density at radius 1 is 1.38 bits per heavy atom. The van der Waals surface area contributed by atoms with E-state index in [1.54, 1.807) is 23.2 Å². The Morgan fingerprint density at radius 2 is 2.23 bits per heavy atom. The van der Waals surface area contributed by atoms with E-state index in [9.17, 15) is 9.59 Å². The second kappa shape index (κ2) is 6.25. The third-order valence-electron chi connectivity index (χ3n) is 4.38. The number of carbonyl (C=O) groups is 1. The highest BCUT2D eigenvalue weighted by Crippen LogP contribution is 2.27. The molecule has 3 aromatic rings. The molecular formula is C17H18N6O3. The van der Waals surface area contributed by atoms with Crippen LogP contribution in [0.1, 0.15) is 24.5 Å². The summed E-state index contributed by atoms with van der Waals surface area (Å²) < 4.78 is 9.68. The molecule has 9 nitrogen and oxygen atoms in total. The summed E-state index contributed by atoms with van der Waals surface area (Å²) in [6.07, 6.45) is 8.13. The van der Waals surface area contributed by atoms with Crippen LogP contribution in [0.15, 0.2) is 34.6 Å². The van der Waals surface area contributed by atoms with Crippen LogP contribution in [-0.2, 0) is 29.0 Å². The maximum atomic E-state index is 12.9. The lowest BCUT2D eigenvalue weighted by Gasteiger charge is -2.09. The fourth-order valence-corrected chi connectivity index (χ4v) is 3.15. The summed E-state index contributed by atoms with van der Waals surface area (Å²) in [6.45, 7) is 2.67. The van der Waals surface area contributed by atoms with Gasteiger partial charge in [-0.3, -0.25) is 23.2 Å². The molecule has 0 aliphatic carbocycles. The fourth-order valence-electron chi connectivity index (χ4n) is 3.15. The number of hydrogen-bond donors (Lipinski definition) is 0. The van der Waals surface area contributed by atoms with Gasteiger partial charge in [0.15, 0.2) is 0 Å². The van der Waals surface area contributed by atoms with Gasteiger partial charge in [-0.25, -0.2) is 9.98 Å². The Balaban J connectivity index is 1.74. The third-order valence-corrected chi connectivity index (χ3v) is 4.38. The molecular weight excluding hydrogens is 336 g/mol. The minimum absolute atomic E-state index is 0.0335. The van der Waals surface area contributed by atoms with Crippen molar-refractivity contribution in [3.63, 3.8) is 0 Å². The van der Waals surface area contributed by atoms with Gasteiger partial charge >= 0.3 is 5.97 Å². The monoisotopic (exact) mass is 354 g/mol. The quantitative estimate of drug-likeness (QED) is 0.636. The van der Waals surface area contributed by atoms with Gasteiger partial charge in [0.25, 0.3) is 5.56 Å². The fraction of sp³-hybridized carbons (Fsp3) is 0.353. The van der Waals surface area contributed by atoms with Crippen LogP contribution in [0.4, 0.5) is 5.82 Å². The molecule has 0 amide bonds. The van der Waals surface area contributed by atoms with Crippen molar-refractivity contribution in [1.82, 2.24) is 23.7 Å². The number of esters is 1. The van der Waals surface area contributed by atoms with Crippen LogP contribution in [0, 0.1) is 0 Å². The molecule has 0 saturated heterocycles. The number of methoxy groups -OCH3 is 1. The zero-order valence-electron chi connectivity index (χ0n) is 14.5. The van der Waals surface area contributed by atoms with E-state index in [0.717, 1.165) is 17.7 Å². The van der Waals surface area contributed by atoms with E-state index in [-0.39, 0.29) is 18.1 Å². The summed E-state index contributed by atoms with van der Waals surface area (Å²) in [6, 6.07) is 0. The minimum Gasteiger partial charge on any atom is -0.468 e. The van der Waals surface area contributed by atoms with E-state index >= 15 is 0 Å². The number of ether oxygens (including phenoxy) is 1. The highest BCUT2D eigenvalue weighted by molar-refractivity contribution is 6.05. The van der Waals surface area contributed by atoms with Crippen molar-refractivity contribution in [3.8, 4) is 0 Å². The lowest BCUT2D eigenvalue weighted by molar-refractivity contribution is -0.141. The highest BCUT2D eigenvalue weighted by Gasteiger charge is 2.25. The van der Waals surface area contributed by atoms with Crippen molar-refractivity contribution >= 4 is 23.3 Å². The summed E-state index contributed by atoms with van der Waals surface area (Å²) in [4.78, 5) is 33.2. The zero-order chi connectivity index (χ0) is 18.3. The Bertz CT molecular complexity index is 1090. The first-order valence-corrected chi connectivity index (χ1v) is 8.38. The first-order chi connectivity index (χ1) is 12.6. The number of nitrogens with zero attached hydrogens (tertiary/aromatic N) is 6. The van der Waals surface area contributed by atoms with Gasteiger partial charge in [0.05, 0.1) is 24.6 Å². The van der Waals surface area contributed by atoms with Gasteiger partial charge in [-0.15, -0.1) is 0 Å². The van der Waals surface area contributed by atoms with E-state index < -0.39 is 0 Å². The molecule has 0 N–H and O–H groups in total. The normalized spacial score (nSPS) is 13.1. The molecule has 9 heteroatoms. The molecule has 26 heavy (non-hydrogen) atoms. The van der Waals surface area contributed by atoms with Crippen molar-refractivity contribution < 1.29 is 9.53 Å². The van der Waals surface area contributed by atoms with Crippen molar-refractivity contribution in [2.24, 2.45) is 4.99 Å². The van der Waals surface area contributed by atoms with Crippen LogP contribution in [0.2, 0.25) is 0 Å². The summed E-state index contributed by atoms with van der Waals surface area (Å²) in [7, 11) is 1.34. The Morgan fingerprint density at radius 3 is 3.00 bits per heavy atom. The average molecular weight is 354 g/mol. The number of carbonyl (C=O) groups excluding carboxylic acids is 1. The molecule has 0 aromatic carbocycles. The van der Waals surface area contributed by atoms with Gasteiger partial charge in [-0.1, -0.05) is 6.92 Å². The number of imidazole rings is 1. The molecule has 0 unspecified atom stereocenters. The average Bonchev–Trinajstić information content (AvgIpc) is 3.36. The molecule has 0 saturated carbocycles. The van der Waals surface area contributed by atoms with Gasteiger partial charge < -0.3 is 4.74 Å². The van der Waals surface area contributed by atoms with Crippen LogP contribution in [0.5, 0.6) is 0 Å². The molecule has 4 heterocycles. The molecule has 0 atom stereocenters. The van der Waals surface area contributed by atoms with Gasteiger partial charge in [-0.05, 0) is 6.42 Å². The first-order valence-electron chi connectivity index (χ1n) is 8.38. The highest BCUT2D eigenvalue weighted by atomic mass is 16.5. The van der Waals surface area contributed by atoms with Gasteiger partial charge in [-0.2, -0.15) is 5.10 Å². The van der Waals surface area contributed by atoms with Crippen molar-refractivity contribution in [2.45, 2.75) is 32.9 Å². The maximum Gasteiger partial charge on any atom is 0.327 e. The Labute approximate surface area is 148 Å². The van der Waals surface area contributed by atoms with Gasteiger partial charge in [0.2, 0.25) is 5.78 Å². The third kappa shape index (κ3) is 2.52. The first kappa shape index (κ1) is 16.2. The van der Waals surface area contributed by atoms with Crippen molar-refractivity contribution in [3.05, 3.63) is 46.3 Å². The molecule has 0 bridgehead atoms. The maximum absolute atomic E-state index is 12.9. The van der Waals surface area contributed by atoms with E-state index in [0.29, 0.717) is 30.1 Å². The number of rotatable bonds is 5. The summed E-state index contributed by atoms with van der Waals surface area (Å²) in [5.41, 5.74) is 2.12. The molecule has 134 valence electrons. The Kier molecular flexibility index (Phi) is 3.90. The number of aryl methyl sites for hydroxylation is 1. The van der Waals surface area contributed by atoms with Crippen LogP contribution in [0.3, 0.4) is 0 Å². The predicted molar refractivity (Wildman–Crippen MR) is 93.9 cm³/mol. The lowest BCUT2D eigenvalue weighted by Crippen LogP contribution is -2.26. The summed E-state index contributed by atoms with van der Waals surface area (Å²) >= 11 is 0.